The van der Waals surface area contributed by atoms with E-state index in [2.05, 4.69) is 5.32 Å². The highest BCUT2D eigenvalue weighted by Crippen LogP contribution is 2.23. The van der Waals surface area contributed by atoms with Gasteiger partial charge in [-0.15, -0.1) is 0 Å². The molecule has 3 amide bonds. The molecule has 2 aromatic rings. The van der Waals surface area contributed by atoms with Gasteiger partial charge in [0.2, 0.25) is 0 Å². The van der Waals surface area contributed by atoms with Crippen LogP contribution in [-0.4, -0.2) is 36.5 Å². The number of carbonyl (C=O) groups is 3. The molecule has 0 unspecified atom stereocenters. The average molecular weight is 410 g/mol. The first kappa shape index (κ1) is 20.5. The molecule has 0 heterocycles. The van der Waals surface area contributed by atoms with E-state index in [1.807, 2.05) is 0 Å². The molecule has 27 heavy (non-hydrogen) atoms. The van der Waals surface area contributed by atoms with E-state index in [0.717, 1.165) is 5.56 Å². The van der Waals surface area contributed by atoms with Gasteiger partial charge in [0.25, 0.3) is 5.91 Å². The number of ether oxygens (including phenoxy) is 1. The SMILES string of the molecule is CN(Cc1ccc(Cl)c(Cl)c1)C(=O)COC(=O)c1cccc(NC(N)=O)c1. The van der Waals surface area contributed by atoms with Crippen LogP contribution in [0.1, 0.15) is 15.9 Å². The summed E-state index contributed by atoms with van der Waals surface area (Å²) in [6, 6.07) is 10.3. The molecule has 2 aromatic carbocycles. The molecule has 3 N–H and O–H groups in total. The average Bonchev–Trinajstić information content (AvgIpc) is 2.62. The molecular weight excluding hydrogens is 393 g/mol. The number of primary amides is 1. The van der Waals surface area contributed by atoms with Gasteiger partial charge in [-0.05, 0) is 35.9 Å². The number of urea groups is 1. The van der Waals surface area contributed by atoms with Gasteiger partial charge >= 0.3 is 12.0 Å². The first-order valence-electron chi connectivity index (χ1n) is 7.78. The number of carbonyl (C=O) groups excluding carboxylic acids is 3. The number of nitrogens with one attached hydrogen (secondary N) is 1. The van der Waals surface area contributed by atoms with Crippen LogP contribution < -0.4 is 11.1 Å². The fraction of sp³-hybridized carbons (Fsp3) is 0.167. The lowest BCUT2D eigenvalue weighted by Gasteiger charge is -2.17. The Hall–Kier alpha value is -2.77. The second-order valence-corrected chi connectivity index (χ2v) is 6.46. The van der Waals surface area contributed by atoms with Gasteiger partial charge in [-0.1, -0.05) is 35.3 Å². The summed E-state index contributed by atoms with van der Waals surface area (Å²) in [6.07, 6.45) is 0. The predicted octanol–water partition coefficient (Wildman–Crippen LogP) is 3.30. The molecule has 2 rings (SSSR count). The standard InChI is InChI=1S/C18H17Cl2N3O4/c1-23(9-11-5-6-14(19)15(20)7-11)16(24)10-27-17(25)12-3-2-4-13(8-12)22-18(21)26/h2-8H,9-10H2,1H3,(H3,21,22,26). The van der Waals surface area contributed by atoms with Crippen LogP contribution in [0.2, 0.25) is 10.0 Å². The van der Waals surface area contributed by atoms with Crippen LogP contribution >= 0.6 is 23.2 Å². The summed E-state index contributed by atoms with van der Waals surface area (Å²) < 4.78 is 5.03. The summed E-state index contributed by atoms with van der Waals surface area (Å²) in [5.41, 5.74) is 6.35. The maximum Gasteiger partial charge on any atom is 0.338 e. The van der Waals surface area contributed by atoms with Gasteiger partial charge in [0, 0.05) is 19.3 Å². The quantitative estimate of drug-likeness (QED) is 0.714. The number of nitrogens with two attached hydrogens (primary N) is 1. The minimum atomic E-state index is -0.750. The van der Waals surface area contributed by atoms with Crippen molar-refractivity contribution in [2.24, 2.45) is 5.73 Å². The number of rotatable bonds is 6. The summed E-state index contributed by atoms with van der Waals surface area (Å²) in [5.74, 6) is -1.08. The van der Waals surface area contributed by atoms with Gasteiger partial charge < -0.3 is 20.7 Å². The van der Waals surface area contributed by atoms with Gasteiger partial charge in [0.1, 0.15) is 0 Å². The normalized spacial score (nSPS) is 10.2. The molecule has 0 aliphatic carbocycles. The lowest BCUT2D eigenvalue weighted by Crippen LogP contribution is -2.30. The molecule has 0 aliphatic rings. The summed E-state index contributed by atoms with van der Waals surface area (Å²) >= 11 is 11.8. The number of anilines is 1. The number of nitrogens with zero attached hydrogens (tertiary/aromatic N) is 1. The van der Waals surface area contributed by atoms with Gasteiger partial charge in [-0.3, -0.25) is 4.79 Å². The van der Waals surface area contributed by atoms with Crippen LogP contribution in [0.4, 0.5) is 10.5 Å². The molecule has 0 fully saturated rings. The smallest absolute Gasteiger partial charge is 0.338 e. The number of likely N-dealkylation sites (N-methyl/N-ethyl adjacent to an activating group) is 1. The third-order valence-corrected chi connectivity index (χ3v) is 4.26. The second-order valence-electron chi connectivity index (χ2n) is 5.64. The van der Waals surface area contributed by atoms with E-state index in [1.165, 1.54) is 17.0 Å². The van der Waals surface area contributed by atoms with Crippen molar-refractivity contribution < 1.29 is 19.1 Å². The molecule has 7 nitrogen and oxygen atoms in total. The number of halogens is 2. The molecule has 9 heteroatoms. The van der Waals surface area contributed by atoms with E-state index >= 15 is 0 Å². The molecule has 0 aliphatic heterocycles. The van der Waals surface area contributed by atoms with Crippen LogP contribution in [0, 0.1) is 0 Å². The van der Waals surface area contributed by atoms with Gasteiger partial charge in [0.15, 0.2) is 6.61 Å². The maximum atomic E-state index is 12.2. The number of hydrogen-bond donors (Lipinski definition) is 2. The van der Waals surface area contributed by atoms with Crippen molar-refractivity contribution in [1.29, 1.82) is 0 Å². The molecule has 142 valence electrons. The fourth-order valence-corrected chi connectivity index (χ4v) is 2.51. The highest BCUT2D eigenvalue weighted by molar-refractivity contribution is 6.42. The maximum absolute atomic E-state index is 12.2. The van der Waals surface area contributed by atoms with E-state index in [0.29, 0.717) is 15.7 Å². The summed E-state index contributed by atoms with van der Waals surface area (Å²) in [6.45, 7) is -0.143. The Balaban J connectivity index is 1.91. The van der Waals surface area contributed by atoms with Crippen LogP contribution in [0.25, 0.3) is 0 Å². The molecule has 0 saturated heterocycles. The van der Waals surface area contributed by atoms with Crippen molar-refractivity contribution in [2.45, 2.75) is 6.54 Å². The highest BCUT2D eigenvalue weighted by atomic mass is 35.5. The molecule has 0 radical (unpaired) electrons. The fourth-order valence-electron chi connectivity index (χ4n) is 2.19. The Bertz CT molecular complexity index is 873. The zero-order valence-electron chi connectivity index (χ0n) is 14.4. The third-order valence-electron chi connectivity index (χ3n) is 3.52. The Labute approximate surface area is 166 Å². The lowest BCUT2D eigenvalue weighted by atomic mass is 10.2. The van der Waals surface area contributed by atoms with Crippen LogP contribution in [0.15, 0.2) is 42.5 Å². The second kappa shape index (κ2) is 9.25. The van der Waals surface area contributed by atoms with Crippen molar-refractivity contribution in [3.63, 3.8) is 0 Å². The van der Waals surface area contributed by atoms with Crippen molar-refractivity contribution in [3.8, 4) is 0 Å². The zero-order valence-corrected chi connectivity index (χ0v) is 15.9. The van der Waals surface area contributed by atoms with E-state index in [4.69, 9.17) is 33.7 Å². The highest BCUT2D eigenvalue weighted by Gasteiger charge is 2.15. The summed E-state index contributed by atoms with van der Waals surface area (Å²) in [5, 5.41) is 3.18. The van der Waals surface area contributed by atoms with E-state index in [9.17, 15) is 14.4 Å². The van der Waals surface area contributed by atoms with E-state index < -0.39 is 18.6 Å². The van der Waals surface area contributed by atoms with Crippen molar-refractivity contribution in [2.75, 3.05) is 19.0 Å². The van der Waals surface area contributed by atoms with Crippen LogP contribution in [-0.2, 0) is 16.1 Å². The topological polar surface area (TPSA) is 102 Å². The first-order chi connectivity index (χ1) is 12.8. The molecule has 0 spiro atoms. The Morgan fingerprint density at radius 1 is 1.11 bits per heavy atom. The monoisotopic (exact) mass is 409 g/mol. The Morgan fingerprint density at radius 2 is 1.85 bits per heavy atom. The molecule has 0 atom stereocenters. The van der Waals surface area contributed by atoms with Crippen LogP contribution in [0.3, 0.4) is 0 Å². The van der Waals surface area contributed by atoms with Crippen molar-refractivity contribution in [3.05, 3.63) is 63.6 Å². The van der Waals surface area contributed by atoms with Crippen LogP contribution in [0.5, 0.6) is 0 Å². The largest absolute Gasteiger partial charge is 0.452 e. The van der Waals surface area contributed by atoms with Gasteiger partial charge in [0.05, 0.1) is 15.6 Å². The van der Waals surface area contributed by atoms with E-state index in [-0.39, 0.29) is 18.0 Å². The predicted molar refractivity (Wildman–Crippen MR) is 103 cm³/mol. The minimum Gasteiger partial charge on any atom is -0.452 e. The number of hydrogen-bond acceptors (Lipinski definition) is 4. The van der Waals surface area contributed by atoms with Crippen molar-refractivity contribution >= 4 is 46.8 Å². The minimum absolute atomic E-state index is 0.182. The molecule has 0 saturated carbocycles. The number of benzene rings is 2. The van der Waals surface area contributed by atoms with E-state index in [1.54, 1.807) is 37.4 Å². The third kappa shape index (κ3) is 6.16. The van der Waals surface area contributed by atoms with Gasteiger partial charge in [-0.25, -0.2) is 9.59 Å². The summed E-state index contributed by atoms with van der Waals surface area (Å²) in [7, 11) is 1.58. The first-order valence-corrected chi connectivity index (χ1v) is 8.53. The van der Waals surface area contributed by atoms with Crippen molar-refractivity contribution in [1.82, 2.24) is 4.90 Å². The van der Waals surface area contributed by atoms with Gasteiger partial charge in [-0.2, -0.15) is 0 Å². The zero-order chi connectivity index (χ0) is 20.0. The summed E-state index contributed by atoms with van der Waals surface area (Å²) in [4.78, 5) is 36.5. The molecule has 0 aromatic heterocycles. The number of esters is 1. The lowest BCUT2D eigenvalue weighted by molar-refractivity contribution is -0.133. The Morgan fingerprint density at radius 3 is 2.52 bits per heavy atom. The molecular formula is C18H17Cl2N3O4. The molecule has 0 bridgehead atoms. The number of amides is 3. The Kier molecular flexibility index (Phi) is 7.04.